The number of aromatic nitrogens is 1. The van der Waals surface area contributed by atoms with Crippen LogP contribution in [-0.2, 0) is 9.53 Å². The van der Waals surface area contributed by atoms with Gasteiger partial charge >= 0.3 is 5.97 Å². The summed E-state index contributed by atoms with van der Waals surface area (Å²) < 4.78 is 18.7. The number of carbonyl (C=O) groups excluding carboxylic acids is 1. The summed E-state index contributed by atoms with van der Waals surface area (Å²) in [6.45, 7) is 3.76. The predicted octanol–water partition coefficient (Wildman–Crippen LogP) is 1.84. The number of nitrogens with zero attached hydrogens (tertiary/aromatic N) is 2. The number of para-hydroxylation sites is 1. The lowest BCUT2D eigenvalue weighted by Crippen LogP contribution is -2.58. The van der Waals surface area contributed by atoms with Crippen LogP contribution in [0.5, 0.6) is 5.75 Å². The SMILES string of the molecule is CCOC(=O)C1C2c3ccccc3O[C@]1(C)N=c1s/c(=C/c3ccoc3)c(=O)n12. The monoisotopic (exact) mass is 410 g/mol. The quantitative estimate of drug-likeness (QED) is 0.616. The molecule has 0 aliphatic carbocycles. The molecule has 2 unspecified atom stereocenters. The number of furan rings is 1. The average Bonchev–Trinajstić information content (AvgIpc) is 3.29. The Kier molecular flexibility index (Phi) is 3.99. The first-order chi connectivity index (χ1) is 14.0. The molecule has 0 spiro atoms. The Balaban J connectivity index is 1.80. The van der Waals surface area contributed by atoms with Crippen LogP contribution in [0.1, 0.15) is 31.0 Å². The van der Waals surface area contributed by atoms with Crippen LogP contribution in [0.25, 0.3) is 6.08 Å². The number of ether oxygens (including phenoxy) is 2. The van der Waals surface area contributed by atoms with E-state index < -0.39 is 23.7 Å². The summed E-state index contributed by atoms with van der Waals surface area (Å²) in [7, 11) is 0. The number of fused-ring (bicyclic) bond motifs is 6. The van der Waals surface area contributed by atoms with Gasteiger partial charge in [-0.1, -0.05) is 29.5 Å². The van der Waals surface area contributed by atoms with Crippen molar-refractivity contribution in [1.82, 2.24) is 4.57 Å². The number of hydrogen-bond acceptors (Lipinski definition) is 7. The first-order valence-electron chi connectivity index (χ1n) is 9.31. The fourth-order valence-corrected chi connectivity index (χ4v) is 5.14. The van der Waals surface area contributed by atoms with Gasteiger partial charge in [0, 0.05) is 11.1 Å². The molecule has 0 N–H and O–H groups in total. The molecular formula is C21H18N2O5S. The summed E-state index contributed by atoms with van der Waals surface area (Å²) in [5.74, 6) is -0.574. The summed E-state index contributed by atoms with van der Waals surface area (Å²) in [4.78, 5) is 31.5. The maximum Gasteiger partial charge on any atom is 0.317 e. The second-order valence-corrected chi connectivity index (χ2v) is 8.12. The molecule has 29 heavy (non-hydrogen) atoms. The third-order valence-corrected chi connectivity index (χ3v) is 6.24. The minimum atomic E-state index is -1.16. The highest BCUT2D eigenvalue weighted by Gasteiger charge is 2.55. The molecule has 3 aromatic rings. The smallest absolute Gasteiger partial charge is 0.317 e. The molecule has 0 saturated carbocycles. The van der Waals surface area contributed by atoms with Gasteiger partial charge in [-0.15, -0.1) is 0 Å². The van der Waals surface area contributed by atoms with E-state index in [1.165, 1.54) is 11.3 Å². The van der Waals surface area contributed by atoms with Gasteiger partial charge in [-0.25, -0.2) is 4.99 Å². The number of thiazole rings is 1. The van der Waals surface area contributed by atoms with Gasteiger partial charge in [0.15, 0.2) is 4.80 Å². The minimum absolute atomic E-state index is 0.201. The number of esters is 1. The van der Waals surface area contributed by atoms with Gasteiger partial charge in [0.2, 0.25) is 5.72 Å². The Morgan fingerprint density at radius 1 is 1.38 bits per heavy atom. The second-order valence-electron chi connectivity index (χ2n) is 7.11. The molecule has 2 aliphatic heterocycles. The molecule has 1 aromatic carbocycles. The molecule has 0 amide bonds. The van der Waals surface area contributed by atoms with Crippen LogP contribution in [0.3, 0.4) is 0 Å². The molecule has 7 nitrogen and oxygen atoms in total. The first-order valence-corrected chi connectivity index (χ1v) is 10.1. The van der Waals surface area contributed by atoms with Gasteiger partial charge in [-0.05, 0) is 32.1 Å². The normalized spacial score (nSPS) is 24.8. The third kappa shape index (κ3) is 2.66. The van der Waals surface area contributed by atoms with Crippen LogP contribution in [-0.4, -0.2) is 22.9 Å². The third-order valence-electron chi connectivity index (χ3n) is 5.26. The average molecular weight is 410 g/mol. The molecule has 2 aromatic heterocycles. The largest absolute Gasteiger partial charge is 0.472 e. The van der Waals surface area contributed by atoms with E-state index in [1.807, 2.05) is 24.3 Å². The zero-order valence-corrected chi connectivity index (χ0v) is 16.6. The lowest BCUT2D eigenvalue weighted by molar-refractivity contribution is -0.160. The lowest BCUT2D eigenvalue weighted by Gasteiger charge is -2.44. The fraction of sp³-hybridized carbons (Fsp3) is 0.286. The molecule has 0 radical (unpaired) electrons. The van der Waals surface area contributed by atoms with Gasteiger partial charge in [0.25, 0.3) is 5.56 Å². The Hall–Kier alpha value is -3.13. The molecule has 0 saturated heterocycles. The van der Waals surface area contributed by atoms with Gasteiger partial charge < -0.3 is 13.9 Å². The van der Waals surface area contributed by atoms with Crippen molar-refractivity contribution < 1.29 is 18.7 Å². The van der Waals surface area contributed by atoms with Crippen LogP contribution in [0, 0.1) is 5.92 Å². The zero-order chi connectivity index (χ0) is 20.2. The van der Waals surface area contributed by atoms with E-state index in [-0.39, 0.29) is 12.2 Å². The van der Waals surface area contributed by atoms with Crippen molar-refractivity contribution in [2.75, 3.05) is 6.61 Å². The highest BCUT2D eigenvalue weighted by molar-refractivity contribution is 7.07. The van der Waals surface area contributed by atoms with Gasteiger partial charge in [0.05, 0.1) is 29.7 Å². The Morgan fingerprint density at radius 3 is 2.97 bits per heavy atom. The van der Waals surface area contributed by atoms with E-state index in [4.69, 9.17) is 18.9 Å². The molecule has 2 bridgehead atoms. The topological polar surface area (TPSA) is 83.0 Å². The van der Waals surface area contributed by atoms with Crippen LogP contribution in [0.2, 0.25) is 0 Å². The highest BCUT2D eigenvalue weighted by atomic mass is 32.1. The van der Waals surface area contributed by atoms with E-state index in [1.54, 1.807) is 43.1 Å². The maximum absolute atomic E-state index is 13.3. The standard InChI is InChI=1S/C21H18N2O5S/c1-3-27-19(25)16-17-13-6-4-5-7-14(13)28-21(16,2)22-20-23(17)18(24)15(29-20)10-12-8-9-26-11-12/h4-11,16-17H,3H2,1-2H3/b15-10+/t16?,17?,21-/m0/s1. The van der Waals surface area contributed by atoms with E-state index in [2.05, 4.69) is 0 Å². The van der Waals surface area contributed by atoms with E-state index in [9.17, 15) is 9.59 Å². The van der Waals surface area contributed by atoms with Crippen LogP contribution in [0.15, 0.2) is 57.1 Å². The second kappa shape index (κ2) is 6.45. The van der Waals surface area contributed by atoms with Crippen molar-refractivity contribution >= 4 is 23.4 Å². The molecule has 8 heteroatoms. The Bertz CT molecular complexity index is 1270. The summed E-state index contributed by atoms with van der Waals surface area (Å²) in [5.41, 5.74) is 0.200. The van der Waals surface area contributed by atoms with E-state index >= 15 is 0 Å². The van der Waals surface area contributed by atoms with Crippen molar-refractivity contribution in [3.8, 4) is 5.75 Å². The number of rotatable bonds is 3. The fourth-order valence-electron chi connectivity index (χ4n) is 4.04. The summed E-state index contributed by atoms with van der Waals surface area (Å²) in [5, 5.41) is 0. The molecule has 148 valence electrons. The summed E-state index contributed by atoms with van der Waals surface area (Å²) in [6.07, 6.45) is 4.88. The van der Waals surface area contributed by atoms with Crippen LogP contribution < -0.4 is 19.6 Å². The lowest BCUT2D eigenvalue weighted by atomic mass is 9.81. The van der Waals surface area contributed by atoms with Gasteiger partial charge in [-0.2, -0.15) is 0 Å². The maximum atomic E-state index is 13.3. The number of carbonyl (C=O) groups is 1. The molecule has 0 fully saturated rings. The van der Waals surface area contributed by atoms with Crippen molar-refractivity contribution in [3.05, 3.63) is 73.7 Å². The molecule has 3 atom stereocenters. The minimum Gasteiger partial charge on any atom is -0.472 e. The van der Waals surface area contributed by atoms with E-state index in [0.717, 1.165) is 11.1 Å². The molecular weight excluding hydrogens is 392 g/mol. The predicted molar refractivity (Wildman–Crippen MR) is 105 cm³/mol. The van der Waals surface area contributed by atoms with Gasteiger partial charge in [-0.3, -0.25) is 14.2 Å². The van der Waals surface area contributed by atoms with Crippen molar-refractivity contribution in [3.63, 3.8) is 0 Å². The van der Waals surface area contributed by atoms with Crippen molar-refractivity contribution in [1.29, 1.82) is 0 Å². The summed E-state index contributed by atoms with van der Waals surface area (Å²) >= 11 is 1.27. The molecule has 2 aliphatic rings. The zero-order valence-electron chi connectivity index (χ0n) is 15.8. The number of benzene rings is 1. The van der Waals surface area contributed by atoms with Gasteiger partial charge in [0.1, 0.15) is 11.7 Å². The van der Waals surface area contributed by atoms with Crippen molar-refractivity contribution in [2.24, 2.45) is 10.9 Å². The summed E-state index contributed by atoms with van der Waals surface area (Å²) in [6, 6.07) is 8.67. The van der Waals surface area contributed by atoms with E-state index in [0.29, 0.717) is 15.1 Å². The van der Waals surface area contributed by atoms with Crippen LogP contribution in [0.4, 0.5) is 0 Å². The molecule has 5 rings (SSSR count). The van der Waals surface area contributed by atoms with Crippen molar-refractivity contribution in [2.45, 2.75) is 25.6 Å². The Labute approximate surface area is 169 Å². The first kappa shape index (κ1) is 17.9. The number of hydrogen-bond donors (Lipinski definition) is 0. The highest BCUT2D eigenvalue weighted by Crippen LogP contribution is 2.47. The Morgan fingerprint density at radius 2 is 2.21 bits per heavy atom. The van der Waals surface area contributed by atoms with Crippen LogP contribution >= 0.6 is 11.3 Å². The molecule has 4 heterocycles.